The van der Waals surface area contributed by atoms with Gasteiger partial charge in [-0.3, -0.25) is 0 Å². The summed E-state index contributed by atoms with van der Waals surface area (Å²) in [6.07, 6.45) is 6.79. The molecule has 0 bridgehead atoms. The molecule has 3 rings (SSSR count). The maximum Gasteiger partial charge on any atom is 0.115 e. The number of aliphatic hydroxyl groups is 1. The van der Waals surface area contributed by atoms with Crippen LogP contribution in [0, 0.1) is 5.92 Å². The van der Waals surface area contributed by atoms with Crippen LogP contribution in [0.3, 0.4) is 0 Å². The Kier molecular flexibility index (Phi) is 5.92. The lowest BCUT2D eigenvalue weighted by Gasteiger charge is -2.30. The van der Waals surface area contributed by atoms with Crippen LogP contribution in [0.2, 0.25) is 0 Å². The molecule has 2 fully saturated rings. The zero-order chi connectivity index (χ0) is 16.1. The highest BCUT2D eigenvalue weighted by Gasteiger charge is 2.23. The monoisotopic (exact) mass is 319 g/mol. The highest BCUT2D eigenvalue weighted by Crippen LogP contribution is 2.33. The lowest BCUT2D eigenvalue weighted by molar-refractivity contribution is 0.0306. The summed E-state index contributed by atoms with van der Waals surface area (Å²) >= 11 is 0. The van der Waals surface area contributed by atoms with E-state index in [9.17, 15) is 10.2 Å². The molecule has 2 saturated carbocycles. The summed E-state index contributed by atoms with van der Waals surface area (Å²) < 4.78 is 5.53. The molecule has 128 valence electrons. The lowest BCUT2D eigenvalue weighted by Crippen LogP contribution is -2.39. The third kappa shape index (κ3) is 5.48. The van der Waals surface area contributed by atoms with E-state index in [4.69, 9.17) is 4.74 Å². The van der Waals surface area contributed by atoms with Gasteiger partial charge in [0.2, 0.25) is 0 Å². The van der Waals surface area contributed by atoms with Crippen molar-refractivity contribution in [3.8, 4) is 5.75 Å². The molecule has 1 aromatic rings. The minimum absolute atomic E-state index is 0.335. The van der Waals surface area contributed by atoms with Gasteiger partial charge in [-0.25, -0.2) is 0 Å². The molecular weight excluding hydrogens is 290 g/mol. The molecule has 0 radical (unpaired) electrons. The zero-order valence-corrected chi connectivity index (χ0v) is 13.8. The Morgan fingerprint density at radius 1 is 1.04 bits per heavy atom. The van der Waals surface area contributed by atoms with Crippen LogP contribution in [0.4, 0.5) is 0 Å². The summed E-state index contributed by atoms with van der Waals surface area (Å²) in [4.78, 5) is 0. The Hall–Kier alpha value is -1.10. The first-order valence-electron chi connectivity index (χ1n) is 8.99. The fourth-order valence-corrected chi connectivity index (χ4v) is 3.39. The SMILES string of the molecule is Oc1ccc(C2CCC(NCC(O)COCC3CC3)CC2)cc1. The predicted molar refractivity (Wildman–Crippen MR) is 90.7 cm³/mol. The van der Waals surface area contributed by atoms with Gasteiger partial charge in [0.25, 0.3) is 0 Å². The highest BCUT2D eigenvalue weighted by molar-refractivity contribution is 5.28. The van der Waals surface area contributed by atoms with Crippen molar-refractivity contribution in [3.05, 3.63) is 29.8 Å². The van der Waals surface area contributed by atoms with Gasteiger partial charge in [-0.1, -0.05) is 12.1 Å². The van der Waals surface area contributed by atoms with Crippen LogP contribution >= 0.6 is 0 Å². The summed E-state index contributed by atoms with van der Waals surface area (Å²) in [6.45, 7) is 1.89. The number of nitrogens with one attached hydrogen (secondary N) is 1. The van der Waals surface area contributed by atoms with E-state index < -0.39 is 6.10 Å². The number of benzene rings is 1. The molecule has 1 unspecified atom stereocenters. The number of aromatic hydroxyl groups is 1. The first-order chi connectivity index (χ1) is 11.2. The molecule has 0 aromatic heterocycles. The Labute approximate surface area is 138 Å². The number of ether oxygens (including phenoxy) is 1. The molecule has 1 aromatic carbocycles. The maximum absolute atomic E-state index is 9.96. The van der Waals surface area contributed by atoms with E-state index in [1.165, 1.54) is 18.4 Å². The average Bonchev–Trinajstić information content (AvgIpc) is 3.39. The van der Waals surface area contributed by atoms with Crippen LogP contribution in [0.25, 0.3) is 0 Å². The molecule has 4 heteroatoms. The lowest BCUT2D eigenvalue weighted by atomic mass is 9.81. The van der Waals surface area contributed by atoms with Crippen molar-refractivity contribution in [1.29, 1.82) is 0 Å². The third-order valence-electron chi connectivity index (χ3n) is 5.09. The Bertz CT molecular complexity index is 464. The molecule has 0 amide bonds. The van der Waals surface area contributed by atoms with Crippen molar-refractivity contribution in [2.24, 2.45) is 5.92 Å². The molecule has 2 aliphatic carbocycles. The van der Waals surface area contributed by atoms with E-state index in [-0.39, 0.29) is 0 Å². The Morgan fingerprint density at radius 3 is 2.39 bits per heavy atom. The van der Waals surface area contributed by atoms with Crippen molar-refractivity contribution >= 4 is 0 Å². The number of aliphatic hydroxyl groups excluding tert-OH is 1. The smallest absolute Gasteiger partial charge is 0.115 e. The number of hydrogen-bond acceptors (Lipinski definition) is 4. The van der Waals surface area contributed by atoms with Crippen LogP contribution < -0.4 is 5.32 Å². The minimum atomic E-state index is -0.399. The second-order valence-corrected chi connectivity index (χ2v) is 7.18. The first-order valence-corrected chi connectivity index (χ1v) is 8.99. The standard InChI is InChI=1S/C19H29NO3/c21-18-9-5-16(6-10-18)15-3-7-17(8-4-15)20-11-19(22)13-23-12-14-1-2-14/h5-6,9-10,14-15,17,19-22H,1-4,7-8,11-13H2. The van der Waals surface area contributed by atoms with Crippen molar-refractivity contribution < 1.29 is 14.9 Å². The molecule has 3 N–H and O–H groups in total. The van der Waals surface area contributed by atoms with Crippen LogP contribution in [0.15, 0.2) is 24.3 Å². The van der Waals surface area contributed by atoms with Gasteiger partial charge in [0, 0.05) is 19.2 Å². The molecule has 4 nitrogen and oxygen atoms in total. The minimum Gasteiger partial charge on any atom is -0.508 e. The summed E-state index contributed by atoms with van der Waals surface area (Å²) in [6, 6.07) is 8.13. The normalized spacial score (nSPS) is 26.1. The molecular formula is C19H29NO3. The Morgan fingerprint density at radius 2 is 1.74 bits per heavy atom. The van der Waals surface area contributed by atoms with E-state index in [1.54, 1.807) is 12.1 Å². The van der Waals surface area contributed by atoms with Gasteiger partial charge in [0.15, 0.2) is 0 Å². The van der Waals surface area contributed by atoms with E-state index in [0.717, 1.165) is 38.2 Å². The molecule has 0 saturated heterocycles. The third-order valence-corrected chi connectivity index (χ3v) is 5.09. The predicted octanol–water partition coefficient (Wildman–Crippen LogP) is 2.80. The second kappa shape index (κ2) is 8.13. The van der Waals surface area contributed by atoms with Gasteiger partial charge in [-0.15, -0.1) is 0 Å². The van der Waals surface area contributed by atoms with E-state index in [1.807, 2.05) is 12.1 Å². The Balaban J connectivity index is 1.31. The highest BCUT2D eigenvalue weighted by atomic mass is 16.5. The summed E-state index contributed by atoms with van der Waals surface area (Å²) in [5.41, 5.74) is 1.33. The van der Waals surface area contributed by atoms with Crippen molar-refractivity contribution in [2.75, 3.05) is 19.8 Å². The summed E-state index contributed by atoms with van der Waals surface area (Å²) in [7, 11) is 0. The number of phenolic OH excluding ortho intramolecular Hbond substituents is 1. The van der Waals surface area contributed by atoms with E-state index in [2.05, 4.69) is 5.32 Å². The summed E-state index contributed by atoms with van der Waals surface area (Å²) in [5, 5.41) is 22.8. The molecule has 0 heterocycles. The van der Waals surface area contributed by atoms with Crippen molar-refractivity contribution in [1.82, 2.24) is 5.32 Å². The molecule has 1 atom stereocenters. The van der Waals surface area contributed by atoms with Gasteiger partial charge in [-0.2, -0.15) is 0 Å². The average molecular weight is 319 g/mol. The van der Waals surface area contributed by atoms with Crippen molar-refractivity contribution in [2.45, 2.75) is 56.6 Å². The molecule has 2 aliphatic rings. The van der Waals surface area contributed by atoms with Gasteiger partial charge >= 0.3 is 0 Å². The number of rotatable bonds is 8. The van der Waals surface area contributed by atoms with E-state index >= 15 is 0 Å². The number of phenols is 1. The summed E-state index contributed by atoms with van der Waals surface area (Å²) in [5.74, 6) is 1.69. The quantitative estimate of drug-likeness (QED) is 0.689. The maximum atomic E-state index is 9.96. The largest absolute Gasteiger partial charge is 0.508 e. The topological polar surface area (TPSA) is 61.7 Å². The first kappa shape index (κ1) is 16.7. The van der Waals surface area contributed by atoms with Gasteiger partial charge < -0.3 is 20.3 Å². The van der Waals surface area contributed by atoms with Crippen LogP contribution in [-0.4, -0.2) is 42.1 Å². The fourth-order valence-electron chi connectivity index (χ4n) is 3.39. The van der Waals surface area contributed by atoms with Gasteiger partial charge in [0.05, 0.1) is 12.7 Å². The number of hydrogen-bond donors (Lipinski definition) is 3. The molecule has 23 heavy (non-hydrogen) atoms. The van der Waals surface area contributed by atoms with Crippen LogP contribution in [0.5, 0.6) is 5.75 Å². The van der Waals surface area contributed by atoms with Crippen LogP contribution in [0.1, 0.15) is 50.0 Å². The molecule has 0 spiro atoms. The van der Waals surface area contributed by atoms with Crippen LogP contribution in [-0.2, 0) is 4.74 Å². The fraction of sp³-hybridized carbons (Fsp3) is 0.684. The van der Waals surface area contributed by atoms with Gasteiger partial charge in [0.1, 0.15) is 5.75 Å². The zero-order valence-electron chi connectivity index (χ0n) is 13.8. The van der Waals surface area contributed by atoms with E-state index in [0.29, 0.717) is 30.9 Å². The molecule has 0 aliphatic heterocycles. The van der Waals surface area contributed by atoms with Gasteiger partial charge in [-0.05, 0) is 68.1 Å². The second-order valence-electron chi connectivity index (χ2n) is 7.18. The van der Waals surface area contributed by atoms with Crippen molar-refractivity contribution in [3.63, 3.8) is 0 Å².